The lowest BCUT2D eigenvalue weighted by Crippen LogP contribution is -3.14. The van der Waals surface area contributed by atoms with E-state index in [0.717, 1.165) is 55.1 Å². The number of rotatable bonds is 4. The lowest BCUT2D eigenvalue weighted by molar-refractivity contribution is -0.906. The molecule has 1 aliphatic heterocycles. The monoisotopic (exact) mass is 401 g/mol. The molecule has 1 saturated heterocycles. The Morgan fingerprint density at radius 3 is 3.14 bits per heavy atom. The molecule has 3 aromatic heterocycles. The van der Waals surface area contributed by atoms with Gasteiger partial charge in [-0.3, -0.25) is 4.79 Å². The molecule has 0 bridgehead atoms. The van der Waals surface area contributed by atoms with Crippen LogP contribution in [-0.2, 0) is 11.2 Å². The van der Waals surface area contributed by atoms with Crippen molar-refractivity contribution in [1.29, 1.82) is 0 Å². The van der Waals surface area contributed by atoms with E-state index in [9.17, 15) is 4.79 Å². The molecule has 1 aliphatic carbocycles. The number of morpholine rings is 1. The van der Waals surface area contributed by atoms with E-state index in [1.807, 2.05) is 0 Å². The summed E-state index contributed by atoms with van der Waals surface area (Å²) in [6.45, 7) is 7.35. The van der Waals surface area contributed by atoms with Crippen molar-refractivity contribution in [2.24, 2.45) is 0 Å². The van der Waals surface area contributed by atoms with Crippen LogP contribution < -0.4 is 10.2 Å². The number of amides is 1. The topological polar surface area (TPSA) is 85.9 Å². The van der Waals surface area contributed by atoms with Crippen LogP contribution in [0.2, 0.25) is 0 Å². The number of nitrogens with one attached hydrogen (secondary N) is 2. The van der Waals surface area contributed by atoms with Gasteiger partial charge in [0.1, 0.15) is 24.2 Å². The van der Waals surface area contributed by atoms with E-state index >= 15 is 0 Å². The quantitative estimate of drug-likeness (QED) is 0.662. The van der Waals surface area contributed by atoms with Crippen LogP contribution in [0.3, 0.4) is 0 Å². The van der Waals surface area contributed by atoms with E-state index in [2.05, 4.69) is 27.3 Å². The van der Waals surface area contributed by atoms with E-state index in [4.69, 9.17) is 4.74 Å². The molecular formula is C19H25N6O2S+. The summed E-state index contributed by atoms with van der Waals surface area (Å²) in [5.74, 6) is 0.493. The summed E-state index contributed by atoms with van der Waals surface area (Å²) in [5.41, 5.74) is 2.11. The minimum absolute atomic E-state index is 0.217. The van der Waals surface area contributed by atoms with E-state index < -0.39 is 0 Å². The molecule has 1 amide bonds. The fourth-order valence-electron chi connectivity index (χ4n) is 4.32. The van der Waals surface area contributed by atoms with Crippen LogP contribution in [-0.4, -0.2) is 64.9 Å². The summed E-state index contributed by atoms with van der Waals surface area (Å²) in [7, 11) is 0. The highest BCUT2D eigenvalue weighted by atomic mass is 32.1. The maximum Gasteiger partial charge on any atom is 0.291 e. The zero-order valence-electron chi connectivity index (χ0n) is 16.0. The Morgan fingerprint density at radius 2 is 2.29 bits per heavy atom. The molecule has 3 aromatic rings. The Kier molecular flexibility index (Phi) is 4.73. The Bertz CT molecular complexity index is 1020. The Hall–Kier alpha value is -2.10. The van der Waals surface area contributed by atoms with E-state index in [1.165, 1.54) is 28.2 Å². The lowest BCUT2D eigenvalue weighted by atomic mass is 9.87. The smallest absolute Gasteiger partial charge is 0.291 e. The molecule has 28 heavy (non-hydrogen) atoms. The van der Waals surface area contributed by atoms with Gasteiger partial charge in [0.05, 0.1) is 31.7 Å². The fraction of sp³-hybridized carbons (Fsp3) is 0.579. The van der Waals surface area contributed by atoms with E-state index in [0.29, 0.717) is 12.5 Å². The lowest BCUT2D eigenvalue weighted by Gasteiger charge is -2.23. The predicted octanol–water partition coefficient (Wildman–Crippen LogP) is 0.424. The van der Waals surface area contributed by atoms with E-state index in [-0.39, 0.29) is 11.7 Å². The first kappa shape index (κ1) is 18.0. The second-order valence-corrected chi connectivity index (χ2v) is 8.81. The molecule has 1 fully saturated rings. The summed E-state index contributed by atoms with van der Waals surface area (Å²) in [5, 5.41) is 8.44. The van der Waals surface area contributed by atoms with Crippen molar-refractivity contribution in [3.05, 3.63) is 22.6 Å². The third-order valence-corrected chi connectivity index (χ3v) is 7.02. The summed E-state index contributed by atoms with van der Waals surface area (Å²) >= 11 is 1.76. The number of aromatic nitrogens is 4. The maximum absolute atomic E-state index is 12.6. The molecule has 1 atom stereocenters. The highest BCUT2D eigenvalue weighted by Gasteiger charge is 2.26. The molecule has 0 unspecified atom stereocenters. The fourth-order valence-corrected chi connectivity index (χ4v) is 5.62. The normalized spacial score (nSPS) is 20.5. The van der Waals surface area contributed by atoms with Crippen molar-refractivity contribution in [2.45, 2.75) is 32.1 Å². The molecule has 5 rings (SSSR count). The molecule has 0 aromatic carbocycles. The Labute approximate surface area is 166 Å². The van der Waals surface area contributed by atoms with Crippen LogP contribution >= 0.6 is 11.3 Å². The van der Waals surface area contributed by atoms with Gasteiger partial charge in [-0.05, 0) is 30.7 Å². The molecular weight excluding hydrogens is 376 g/mol. The summed E-state index contributed by atoms with van der Waals surface area (Å²) in [6, 6.07) is 0. The third kappa shape index (κ3) is 3.17. The van der Waals surface area contributed by atoms with Crippen molar-refractivity contribution in [3.8, 4) is 0 Å². The van der Waals surface area contributed by atoms with Crippen molar-refractivity contribution < 1.29 is 14.4 Å². The molecule has 8 nitrogen and oxygen atoms in total. The second-order valence-electron chi connectivity index (χ2n) is 7.73. The molecule has 0 saturated carbocycles. The first-order valence-corrected chi connectivity index (χ1v) is 10.9. The van der Waals surface area contributed by atoms with Crippen LogP contribution in [0.5, 0.6) is 0 Å². The number of hydrogen-bond donors (Lipinski definition) is 2. The van der Waals surface area contributed by atoms with Gasteiger partial charge in [0.25, 0.3) is 5.91 Å². The SMILES string of the molecule is C[C@@H]1CCCc2sc3ncn4nc(C(=O)NCC[NH+]5CCOCC5)nc4c3c21. The van der Waals surface area contributed by atoms with Crippen molar-refractivity contribution >= 4 is 33.1 Å². The highest BCUT2D eigenvalue weighted by Crippen LogP contribution is 2.42. The minimum Gasteiger partial charge on any atom is -0.370 e. The van der Waals surface area contributed by atoms with Crippen molar-refractivity contribution in [2.75, 3.05) is 39.4 Å². The standard InChI is InChI=1S/C19H24N6O2S/c1-12-3-2-4-13-14(12)15-17-22-16(23-25(17)11-21-19(15)28-13)18(26)20-5-6-24-7-9-27-10-8-24/h11-12H,2-10H2,1H3,(H,20,26)/p+1/t12-/m1/s1. The van der Waals surface area contributed by atoms with Gasteiger partial charge in [0, 0.05) is 4.88 Å². The van der Waals surface area contributed by atoms with Crippen molar-refractivity contribution in [1.82, 2.24) is 24.9 Å². The number of aryl methyl sites for hydroxylation is 1. The maximum atomic E-state index is 12.6. The number of quaternary nitrogens is 1. The van der Waals surface area contributed by atoms with Crippen LogP contribution in [0.4, 0.5) is 0 Å². The molecule has 2 aliphatic rings. The van der Waals surface area contributed by atoms with Gasteiger partial charge in [0.15, 0.2) is 5.65 Å². The summed E-state index contributed by atoms with van der Waals surface area (Å²) < 4.78 is 7.02. The van der Waals surface area contributed by atoms with Crippen molar-refractivity contribution in [3.63, 3.8) is 0 Å². The number of ether oxygens (including phenoxy) is 1. The molecule has 148 valence electrons. The van der Waals surface area contributed by atoms with Gasteiger partial charge in [0.2, 0.25) is 5.82 Å². The molecule has 0 radical (unpaired) electrons. The van der Waals surface area contributed by atoms with Gasteiger partial charge in [-0.2, -0.15) is 0 Å². The van der Waals surface area contributed by atoms with Gasteiger partial charge < -0.3 is 15.0 Å². The van der Waals surface area contributed by atoms with Gasteiger partial charge >= 0.3 is 0 Å². The molecule has 0 spiro atoms. The van der Waals surface area contributed by atoms with Gasteiger partial charge in [-0.15, -0.1) is 16.4 Å². The zero-order valence-corrected chi connectivity index (χ0v) is 16.8. The third-order valence-electron chi connectivity index (χ3n) is 5.84. The number of carbonyl (C=O) groups is 1. The minimum atomic E-state index is -0.221. The number of thiophene rings is 1. The molecule has 9 heteroatoms. The first-order valence-electron chi connectivity index (χ1n) is 10.1. The average molecular weight is 402 g/mol. The van der Waals surface area contributed by atoms with Crippen LogP contribution in [0, 0.1) is 0 Å². The summed E-state index contributed by atoms with van der Waals surface area (Å²) in [4.78, 5) is 25.6. The Morgan fingerprint density at radius 1 is 1.43 bits per heavy atom. The second kappa shape index (κ2) is 7.38. The zero-order chi connectivity index (χ0) is 19.1. The first-order chi connectivity index (χ1) is 13.7. The number of fused-ring (bicyclic) bond motifs is 5. The average Bonchev–Trinajstić information content (AvgIpc) is 3.30. The van der Waals surface area contributed by atoms with Crippen LogP contribution in [0.25, 0.3) is 15.9 Å². The number of nitrogens with zero attached hydrogens (tertiary/aromatic N) is 4. The molecule has 2 N–H and O–H groups in total. The van der Waals surface area contributed by atoms with E-state index in [1.54, 1.807) is 22.2 Å². The largest absolute Gasteiger partial charge is 0.370 e. The number of carbonyl (C=O) groups excluding carboxylic acids is 1. The predicted molar refractivity (Wildman–Crippen MR) is 106 cm³/mol. The molecule has 4 heterocycles. The Balaban J connectivity index is 1.39. The highest BCUT2D eigenvalue weighted by molar-refractivity contribution is 7.19. The van der Waals surface area contributed by atoms with Gasteiger partial charge in [-0.1, -0.05) is 6.92 Å². The summed E-state index contributed by atoms with van der Waals surface area (Å²) in [6.07, 6.45) is 5.19. The number of hydrogen-bond acceptors (Lipinski definition) is 6. The van der Waals surface area contributed by atoms with Crippen LogP contribution in [0.1, 0.15) is 46.7 Å². The van der Waals surface area contributed by atoms with Crippen LogP contribution in [0.15, 0.2) is 6.33 Å². The van der Waals surface area contributed by atoms with Gasteiger partial charge in [-0.25, -0.2) is 14.5 Å².